The van der Waals surface area contributed by atoms with Crippen molar-refractivity contribution < 1.29 is 18.0 Å². The first-order valence-corrected chi connectivity index (χ1v) is 13.0. The molecule has 1 unspecified atom stereocenters. The highest BCUT2D eigenvalue weighted by molar-refractivity contribution is 7.89. The van der Waals surface area contributed by atoms with Crippen LogP contribution >= 0.6 is 0 Å². The van der Waals surface area contributed by atoms with Crippen LogP contribution in [-0.4, -0.2) is 37.2 Å². The zero-order chi connectivity index (χ0) is 23.6. The van der Waals surface area contributed by atoms with Crippen LogP contribution in [0.1, 0.15) is 49.8 Å². The lowest BCUT2D eigenvalue weighted by Crippen LogP contribution is -2.52. The quantitative estimate of drug-likeness (QED) is 0.621. The molecule has 8 heteroatoms. The molecule has 4 rings (SSSR count). The second-order valence-electron chi connectivity index (χ2n) is 9.37. The van der Waals surface area contributed by atoms with Crippen LogP contribution in [-0.2, 0) is 39.1 Å². The first kappa shape index (κ1) is 23.4. The standard InChI is InChI=1S/C25H31N3O4S/c1-17(2)13-24(29)28-16-20-6-4-3-5-19(20)14-23(28)25(30)26-15-18-7-11-22(12-8-18)33(31,32)27-21-9-10-21/h3-8,11-12,17,21,23,27H,9-10,13-16H2,1-2H3,(H,26,30). The number of hydrogen-bond acceptors (Lipinski definition) is 4. The van der Waals surface area contributed by atoms with Gasteiger partial charge in [-0.25, -0.2) is 13.1 Å². The number of amides is 2. The molecule has 1 fully saturated rings. The summed E-state index contributed by atoms with van der Waals surface area (Å²) in [5, 5.41) is 2.94. The van der Waals surface area contributed by atoms with Crippen molar-refractivity contribution >= 4 is 21.8 Å². The fourth-order valence-corrected chi connectivity index (χ4v) is 5.37. The van der Waals surface area contributed by atoms with Crippen LogP contribution in [0.15, 0.2) is 53.4 Å². The average molecular weight is 470 g/mol. The minimum Gasteiger partial charge on any atom is -0.350 e. The highest BCUT2D eigenvalue weighted by Crippen LogP contribution is 2.25. The van der Waals surface area contributed by atoms with E-state index in [1.807, 2.05) is 38.1 Å². The van der Waals surface area contributed by atoms with Crippen molar-refractivity contribution in [3.05, 3.63) is 65.2 Å². The number of fused-ring (bicyclic) bond motifs is 1. The third-order valence-corrected chi connectivity index (χ3v) is 7.59. The van der Waals surface area contributed by atoms with E-state index < -0.39 is 16.1 Å². The van der Waals surface area contributed by atoms with E-state index >= 15 is 0 Å². The molecule has 0 saturated heterocycles. The van der Waals surface area contributed by atoms with Gasteiger partial charge < -0.3 is 10.2 Å². The molecule has 1 aliphatic carbocycles. The first-order valence-electron chi connectivity index (χ1n) is 11.5. The van der Waals surface area contributed by atoms with E-state index in [2.05, 4.69) is 10.0 Å². The van der Waals surface area contributed by atoms with Crippen molar-refractivity contribution in [3.63, 3.8) is 0 Å². The minimum absolute atomic E-state index is 0.0163. The van der Waals surface area contributed by atoms with Crippen LogP contribution < -0.4 is 10.0 Å². The number of carbonyl (C=O) groups excluding carboxylic acids is 2. The average Bonchev–Trinajstić information content (AvgIpc) is 3.59. The van der Waals surface area contributed by atoms with Crippen molar-refractivity contribution in [1.29, 1.82) is 0 Å². The molecular formula is C25H31N3O4S. The van der Waals surface area contributed by atoms with Crippen LogP contribution in [0.4, 0.5) is 0 Å². The minimum atomic E-state index is -3.50. The van der Waals surface area contributed by atoms with E-state index in [4.69, 9.17) is 0 Å². The van der Waals surface area contributed by atoms with Gasteiger partial charge in [0.25, 0.3) is 0 Å². The summed E-state index contributed by atoms with van der Waals surface area (Å²) in [6.45, 7) is 4.68. The van der Waals surface area contributed by atoms with Crippen molar-refractivity contribution in [2.75, 3.05) is 0 Å². The monoisotopic (exact) mass is 469 g/mol. The van der Waals surface area contributed by atoms with E-state index in [0.717, 1.165) is 29.5 Å². The summed E-state index contributed by atoms with van der Waals surface area (Å²) in [4.78, 5) is 27.9. The summed E-state index contributed by atoms with van der Waals surface area (Å²) >= 11 is 0. The summed E-state index contributed by atoms with van der Waals surface area (Å²) in [7, 11) is -3.50. The highest BCUT2D eigenvalue weighted by atomic mass is 32.2. The third kappa shape index (κ3) is 5.81. The van der Waals surface area contributed by atoms with Crippen molar-refractivity contribution in [3.8, 4) is 0 Å². The molecule has 0 aromatic heterocycles. The lowest BCUT2D eigenvalue weighted by atomic mass is 9.92. The lowest BCUT2D eigenvalue weighted by molar-refractivity contribution is -0.142. The van der Waals surface area contributed by atoms with Gasteiger partial charge in [-0.15, -0.1) is 0 Å². The van der Waals surface area contributed by atoms with Gasteiger partial charge in [-0.2, -0.15) is 0 Å². The summed E-state index contributed by atoms with van der Waals surface area (Å²) in [5.74, 6) is -0.00587. The van der Waals surface area contributed by atoms with E-state index in [1.54, 1.807) is 29.2 Å². The molecule has 1 heterocycles. The number of rotatable bonds is 8. The smallest absolute Gasteiger partial charge is 0.243 e. The number of carbonyl (C=O) groups is 2. The van der Waals surface area contributed by atoms with Crippen molar-refractivity contribution in [2.24, 2.45) is 5.92 Å². The predicted molar refractivity (Wildman–Crippen MR) is 126 cm³/mol. The van der Waals surface area contributed by atoms with Gasteiger partial charge in [0.05, 0.1) is 4.90 Å². The Kier molecular flexibility index (Phi) is 6.86. The molecule has 0 spiro atoms. The molecule has 0 bridgehead atoms. The Morgan fingerprint density at radius 1 is 1.03 bits per heavy atom. The Labute approximate surface area is 195 Å². The summed E-state index contributed by atoms with van der Waals surface area (Å²) in [6, 6.07) is 13.9. The Bertz CT molecular complexity index is 1120. The fourth-order valence-electron chi connectivity index (χ4n) is 4.07. The van der Waals surface area contributed by atoms with Crippen molar-refractivity contribution in [2.45, 2.75) is 69.6 Å². The molecule has 0 radical (unpaired) electrons. The number of sulfonamides is 1. The second-order valence-corrected chi connectivity index (χ2v) is 11.1. The Morgan fingerprint density at radius 3 is 2.33 bits per heavy atom. The van der Waals surface area contributed by atoms with E-state index in [0.29, 0.717) is 19.4 Å². The molecule has 2 aromatic rings. The Hall–Kier alpha value is -2.71. The van der Waals surface area contributed by atoms with Crippen LogP contribution in [0.25, 0.3) is 0 Å². The fraction of sp³-hybridized carbons (Fsp3) is 0.440. The normalized spacial score (nSPS) is 18.2. The van der Waals surface area contributed by atoms with Gasteiger partial charge in [-0.05, 0) is 47.6 Å². The number of nitrogens with one attached hydrogen (secondary N) is 2. The topological polar surface area (TPSA) is 95.6 Å². The predicted octanol–water partition coefficient (Wildman–Crippen LogP) is 2.74. The molecular weight excluding hydrogens is 438 g/mol. The van der Waals surface area contributed by atoms with Gasteiger partial charge >= 0.3 is 0 Å². The van der Waals surface area contributed by atoms with Crippen molar-refractivity contribution in [1.82, 2.24) is 14.9 Å². The zero-order valence-electron chi connectivity index (χ0n) is 19.1. The molecule has 2 aliphatic rings. The van der Waals surface area contributed by atoms with E-state index in [9.17, 15) is 18.0 Å². The Morgan fingerprint density at radius 2 is 1.70 bits per heavy atom. The molecule has 1 saturated carbocycles. The molecule has 176 valence electrons. The summed E-state index contributed by atoms with van der Waals surface area (Å²) < 4.78 is 27.3. The number of nitrogens with zero attached hydrogens (tertiary/aromatic N) is 1. The van der Waals surface area contributed by atoms with Gasteiger partial charge in [0.2, 0.25) is 21.8 Å². The second kappa shape index (κ2) is 9.65. The molecule has 1 aliphatic heterocycles. The largest absolute Gasteiger partial charge is 0.350 e. The van der Waals surface area contributed by atoms with Gasteiger partial charge in [0.15, 0.2) is 0 Å². The molecule has 2 amide bonds. The molecule has 33 heavy (non-hydrogen) atoms. The lowest BCUT2D eigenvalue weighted by Gasteiger charge is -2.36. The van der Waals surface area contributed by atoms with Crippen LogP contribution in [0.2, 0.25) is 0 Å². The van der Waals surface area contributed by atoms with Crippen LogP contribution in [0, 0.1) is 5.92 Å². The highest BCUT2D eigenvalue weighted by Gasteiger charge is 2.34. The number of hydrogen-bond donors (Lipinski definition) is 2. The molecule has 2 aromatic carbocycles. The Balaban J connectivity index is 1.43. The van der Waals surface area contributed by atoms with Gasteiger partial charge in [-0.3, -0.25) is 9.59 Å². The van der Waals surface area contributed by atoms with Gasteiger partial charge in [0, 0.05) is 32.0 Å². The van der Waals surface area contributed by atoms with Crippen LogP contribution in [0.3, 0.4) is 0 Å². The summed E-state index contributed by atoms with van der Waals surface area (Å²) in [6.07, 6.45) is 2.64. The van der Waals surface area contributed by atoms with E-state index in [1.165, 1.54) is 0 Å². The first-order chi connectivity index (χ1) is 15.7. The maximum atomic E-state index is 13.1. The maximum Gasteiger partial charge on any atom is 0.243 e. The third-order valence-electron chi connectivity index (χ3n) is 6.05. The molecule has 1 atom stereocenters. The van der Waals surface area contributed by atoms with Gasteiger partial charge in [0.1, 0.15) is 6.04 Å². The van der Waals surface area contributed by atoms with Crippen LogP contribution in [0.5, 0.6) is 0 Å². The van der Waals surface area contributed by atoms with E-state index in [-0.39, 0.29) is 35.2 Å². The maximum absolute atomic E-state index is 13.1. The number of benzene rings is 2. The zero-order valence-corrected chi connectivity index (χ0v) is 19.9. The van der Waals surface area contributed by atoms with Gasteiger partial charge in [-0.1, -0.05) is 50.2 Å². The summed E-state index contributed by atoms with van der Waals surface area (Å²) in [5.41, 5.74) is 2.96. The SMILES string of the molecule is CC(C)CC(=O)N1Cc2ccccc2CC1C(=O)NCc1ccc(S(=O)(=O)NC2CC2)cc1. The molecule has 2 N–H and O–H groups in total. The molecule has 7 nitrogen and oxygen atoms in total.